The Labute approximate surface area is 55.9 Å². The Morgan fingerprint density at radius 2 is 2.25 bits per heavy atom. The molecule has 0 amide bonds. The van der Waals surface area contributed by atoms with E-state index in [1.54, 1.807) is 0 Å². The highest BCUT2D eigenvalue weighted by Crippen LogP contribution is 1.59. The minimum atomic E-state index is 0. The van der Waals surface area contributed by atoms with Gasteiger partial charge < -0.3 is 10.6 Å². The Morgan fingerprint density at radius 1 is 1.62 bits per heavy atom. The average molecular weight is 141 g/mol. The monoisotopic (exact) mass is 140 g/mol. The van der Waals surface area contributed by atoms with Crippen molar-refractivity contribution in [3.05, 3.63) is 0 Å². The lowest BCUT2D eigenvalue weighted by molar-refractivity contribution is 0.0532. The third-order valence-electron chi connectivity index (χ3n) is 0.493. The lowest BCUT2D eigenvalue weighted by Gasteiger charge is -1.97. The standard InChI is InChI=1S/C4H12N2O.ClH/c1-2-7-6-4-3-5;/h6H,2-5H2,1H3;1H. The van der Waals surface area contributed by atoms with Crippen LogP contribution in [0.15, 0.2) is 0 Å². The zero-order valence-corrected chi connectivity index (χ0v) is 5.83. The Bertz CT molecular complexity index is 33.2. The molecule has 0 aromatic rings. The van der Waals surface area contributed by atoms with Gasteiger partial charge in [-0.1, -0.05) is 0 Å². The first-order chi connectivity index (χ1) is 3.41. The number of hydrogen-bond acceptors (Lipinski definition) is 3. The molecule has 0 atom stereocenters. The third kappa shape index (κ3) is 9.48. The van der Waals surface area contributed by atoms with Crippen molar-refractivity contribution < 1.29 is 4.84 Å². The van der Waals surface area contributed by atoms with Crippen LogP contribution in [0.25, 0.3) is 0 Å². The van der Waals surface area contributed by atoms with Crippen LogP contribution in [0.3, 0.4) is 0 Å². The Hall–Kier alpha value is 0.170. The van der Waals surface area contributed by atoms with Crippen LogP contribution in [0.2, 0.25) is 0 Å². The summed E-state index contributed by atoms with van der Waals surface area (Å²) in [6.45, 7) is 3.97. The summed E-state index contributed by atoms with van der Waals surface area (Å²) in [5.74, 6) is 0. The molecule has 3 N–H and O–H groups in total. The van der Waals surface area contributed by atoms with E-state index >= 15 is 0 Å². The van der Waals surface area contributed by atoms with Crippen LogP contribution in [-0.2, 0) is 4.84 Å². The van der Waals surface area contributed by atoms with Gasteiger partial charge in [-0.3, -0.25) is 0 Å². The van der Waals surface area contributed by atoms with Crippen molar-refractivity contribution in [1.29, 1.82) is 0 Å². The second kappa shape index (κ2) is 10.2. The number of nitrogens with one attached hydrogen (secondary N) is 1. The van der Waals surface area contributed by atoms with E-state index in [0.29, 0.717) is 13.2 Å². The minimum Gasteiger partial charge on any atom is -0.329 e. The van der Waals surface area contributed by atoms with E-state index in [4.69, 9.17) is 10.6 Å². The summed E-state index contributed by atoms with van der Waals surface area (Å²) >= 11 is 0. The first kappa shape index (κ1) is 11.0. The molecule has 0 fully saturated rings. The van der Waals surface area contributed by atoms with Crippen LogP contribution >= 0.6 is 12.4 Å². The summed E-state index contributed by atoms with van der Waals surface area (Å²) in [4.78, 5) is 4.74. The van der Waals surface area contributed by atoms with Gasteiger partial charge in [0.25, 0.3) is 0 Å². The summed E-state index contributed by atoms with van der Waals surface area (Å²) in [5.41, 5.74) is 7.79. The molecule has 0 rings (SSSR count). The summed E-state index contributed by atoms with van der Waals surface area (Å²) < 4.78 is 0. The largest absolute Gasteiger partial charge is 0.329 e. The average Bonchev–Trinajstić information content (AvgIpc) is 1.69. The first-order valence-corrected chi connectivity index (χ1v) is 2.46. The van der Waals surface area contributed by atoms with Crippen LogP contribution in [0.5, 0.6) is 0 Å². The summed E-state index contributed by atoms with van der Waals surface area (Å²) in [6, 6.07) is 0. The maximum absolute atomic E-state index is 5.13. The molecular formula is C4H13ClN2O. The first-order valence-electron chi connectivity index (χ1n) is 2.46. The van der Waals surface area contributed by atoms with Gasteiger partial charge in [0.15, 0.2) is 0 Å². The van der Waals surface area contributed by atoms with E-state index in [1.807, 2.05) is 6.92 Å². The number of halogens is 1. The van der Waals surface area contributed by atoms with Crippen molar-refractivity contribution in [1.82, 2.24) is 5.48 Å². The second-order valence-corrected chi connectivity index (χ2v) is 1.12. The van der Waals surface area contributed by atoms with Gasteiger partial charge in [0.2, 0.25) is 0 Å². The van der Waals surface area contributed by atoms with Crippen LogP contribution in [-0.4, -0.2) is 19.7 Å². The fraction of sp³-hybridized carbons (Fsp3) is 1.00. The fourth-order valence-electron chi connectivity index (χ4n) is 0.233. The topological polar surface area (TPSA) is 47.3 Å². The normalized spacial score (nSPS) is 8.25. The van der Waals surface area contributed by atoms with E-state index in [0.717, 1.165) is 6.54 Å². The van der Waals surface area contributed by atoms with Crippen LogP contribution in [0.4, 0.5) is 0 Å². The Kier molecular flexibility index (Phi) is 14.1. The van der Waals surface area contributed by atoms with Crippen LogP contribution in [0.1, 0.15) is 6.92 Å². The predicted octanol–water partition coefficient (Wildman–Crippen LogP) is -0.0920. The van der Waals surface area contributed by atoms with Gasteiger partial charge in [-0.2, -0.15) is 0 Å². The molecule has 52 valence electrons. The van der Waals surface area contributed by atoms with Gasteiger partial charge in [0, 0.05) is 13.1 Å². The van der Waals surface area contributed by atoms with Gasteiger partial charge in [-0.25, -0.2) is 5.48 Å². The van der Waals surface area contributed by atoms with Crippen molar-refractivity contribution in [3.8, 4) is 0 Å². The van der Waals surface area contributed by atoms with Crippen LogP contribution in [0, 0.1) is 0 Å². The van der Waals surface area contributed by atoms with E-state index in [1.165, 1.54) is 0 Å². The molecule has 0 aromatic carbocycles. The number of rotatable bonds is 4. The molecule has 0 radical (unpaired) electrons. The molecule has 0 aromatic heterocycles. The fourth-order valence-corrected chi connectivity index (χ4v) is 0.233. The molecule has 0 spiro atoms. The van der Waals surface area contributed by atoms with Crippen molar-refractivity contribution in [2.45, 2.75) is 6.92 Å². The molecular weight excluding hydrogens is 128 g/mol. The Morgan fingerprint density at radius 3 is 2.62 bits per heavy atom. The van der Waals surface area contributed by atoms with E-state index in [-0.39, 0.29) is 12.4 Å². The summed E-state index contributed by atoms with van der Waals surface area (Å²) in [7, 11) is 0. The molecule has 3 nitrogen and oxygen atoms in total. The molecule has 8 heavy (non-hydrogen) atoms. The number of hydroxylamine groups is 1. The molecule has 0 aliphatic heterocycles. The van der Waals surface area contributed by atoms with Gasteiger partial charge in [0.05, 0.1) is 6.61 Å². The zero-order valence-electron chi connectivity index (χ0n) is 5.02. The molecule has 0 saturated carbocycles. The van der Waals surface area contributed by atoms with E-state index in [2.05, 4.69) is 5.48 Å². The van der Waals surface area contributed by atoms with Gasteiger partial charge in [0.1, 0.15) is 0 Å². The van der Waals surface area contributed by atoms with Gasteiger partial charge in [-0.05, 0) is 6.92 Å². The van der Waals surface area contributed by atoms with Crippen molar-refractivity contribution in [2.75, 3.05) is 19.7 Å². The van der Waals surface area contributed by atoms with Crippen molar-refractivity contribution in [2.24, 2.45) is 5.73 Å². The van der Waals surface area contributed by atoms with Gasteiger partial charge in [-0.15, -0.1) is 12.4 Å². The van der Waals surface area contributed by atoms with E-state index in [9.17, 15) is 0 Å². The lowest BCUT2D eigenvalue weighted by atomic mass is 10.7. The summed E-state index contributed by atoms with van der Waals surface area (Å²) in [6.07, 6.45) is 0. The lowest BCUT2D eigenvalue weighted by Crippen LogP contribution is -2.22. The second-order valence-electron chi connectivity index (χ2n) is 1.12. The predicted molar refractivity (Wildman–Crippen MR) is 35.9 cm³/mol. The highest BCUT2D eigenvalue weighted by atomic mass is 35.5. The number of hydrogen-bond donors (Lipinski definition) is 2. The van der Waals surface area contributed by atoms with Crippen LogP contribution < -0.4 is 11.2 Å². The quantitative estimate of drug-likeness (QED) is 0.424. The SMILES string of the molecule is CCONCCN.Cl. The summed E-state index contributed by atoms with van der Waals surface area (Å²) in [5, 5.41) is 0. The molecule has 0 unspecified atom stereocenters. The Balaban J connectivity index is 0. The maximum Gasteiger partial charge on any atom is 0.0653 e. The molecule has 0 aliphatic rings. The highest BCUT2D eigenvalue weighted by molar-refractivity contribution is 5.85. The highest BCUT2D eigenvalue weighted by Gasteiger charge is 1.75. The van der Waals surface area contributed by atoms with E-state index < -0.39 is 0 Å². The number of nitrogens with two attached hydrogens (primary N) is 1. The smallest absolute Gasteiger partial charge is 0.0653 e. The zero-order chi connectivity index (χ0) is 5.54. The maximum atomic E-state index is 5.13. The molecule has 0 bridgehead atoms. The van der Waals surface area contributed by atoms with Gasteiger partial charge >= 0.3 is 0 Å². The minimum absolute atomic E-state index is 0. The molecule has 0 saturated heterocycles. The molecule has 4 heteroatoms. The van der Waals surface area contributed by atoms with Crippen molar-refractivity contribution >= 4 is 12.4 Å². The molecule has 0 aliphatic carbocycles. The third-order valence-corrected chi connectivity index (χ3v) is 0.493. The van der Waals surface area contributed by atoms with Crippen molar-refractivity contribution in [3.63, 3.8) is 0 Å². The molecule has 0 heterocycles.